The number of benzene rings is 1. The van der Waals surface area contributed by atoms with Gasteiger partial charge >= 0.3 is 5.97 Å². The van der Waals surface area contributed by atoms with E-state index >= 15 is 0 Å². The summed E-state index contributed by atoms with van der Waals surface area (Å²) < 4.78 is 12.6. The van der Waals surface area contributed by atoms with Crippen molar-refractivity contribution in [3.8, 4) is 5.75 Å². The number of hydrogen-bond donors (Lipinski definition) is 0. The van der Waals surface area contributed by atoms with Gasteiger partial charge in [0.05, 0.1) is 11.1 Å². The van der Waals surface area contributed by atoms with E-state index in [-0.39, 0.29) is 24.2 Å². The first-order valence-electron chi connectivity index (χ1n) is 11.1. The third-order valence-corrected chi connectivity index (χ3v) is 8.64. The van der Waals surface area contributed by atoms with E-state index in [9.17, 15) is 9.59 Å². The van der Waals surface area contributed by atoms with Crippen LogP contribution in [-0.4, -0.2) is 33.7 Å². The minimum atomic E-state index is -0.822. The Kier molecular flexibility index (Phi) is 7.47. The lowest BCUT2D eigenvalue weighted by molar-refractivity contribution is -0.177. The highest BCUT2D eigenvalue weighted by molar-refractivity contribution is 8.03. The number of halogens is 1. The van der Waals surface area contributed by atoms with Crippen LogP contribution in [-0.2, 0) is 20.7 Å². The monoisotopic (exact) mass is 493 g/mol. The summed E-state index contributed by atoms with van der Waals surface area (Å²) in [5, 5.41) is 1.59. The van der Waals surface area contributed by atoms with Crippen molar-refractivity contribution < 1.29 is 19.1 Å². The van der Waals surface area contributed by atoms with Gasteiger partial charge < -0.3 is 9.47 Å². The topological polar surface area (TPSA) is 65.5 Å². The first kappa shape index (κ1) is 23.6. The molecular formula is C24H28ClNO4S2. The van der Waals surface area contributed by atoms with Crippen molar-refractivity contribution in [2.45, 2.75) is 80.1 Å². The van der Waals surface area contributed by atoms with Gasteiger partial charge in [0, 0.05) is 18.0 Å². The van der Waals surface area contributed by atoms with Crippen LogP contribution in [0.3, 0.4) is 0 Å². The fraction of sp³-hybridized carbons (Fsp3) is 0.542. The Labute approximate surface area is 202 Å². The smallest absolute Gasteiger partial charge is 0.327 e. The van der Waals surface area contributed by atoms with E-state index in [2.05, 4.69) is 4.98 Å². The SMILES string of the molecule is CC(C)Oc1ccc(CCC2(C3CCCC3)CC(=O)C(Sc3nccs3)C(=O)O2)cc1Cl. The van der Waals surface area contributed by atoms with Crippen molar-refractivity contribution in [2.24, 2.45) is 5.92 Å². The highest BCUT2D eigenvalue weighted by atomic mass is 35.5. The molecule has 2 aromatic rings. The van der Waals surface area contributed by atoms with Crippen LogP contribution in [0.25, 0.3) is 0 Å². The fourth-order valence-electron chi connectivity index (χ4n) is 4.72. The summed E-state index contributed by atoms with van der Waals surface area (Å²) in [4.78, 5) is 30.3. The Morgan fingerprint density at radius 3 is 2.72 bits per heavy atom. The number of esters is 1. The number of aryl methyl sites for hydroxylation is 1. The summed E-state index contributed by atoms with van der Waals surface area (Å²) in [5.74, 6) is 0.414. The summed E-state index contributed by atoms with van der Waals surface area (Å²) in [6.45, 7) is 3.92. The molecule has 0 spiro atoms. The average molecular weight is 494 g/mol. The molecule has 2 heterocycles. The average Bonchev–Trinajstić information content (AvgIpc) is 3.45. The first-order chi connectivity index (χ1) is 15.4. The van der Waals surface area contributed by atoms with Crippen molar-refractivity contribution in [2.75, 3.05) is 0 Å². The Morgan fingerprint density at radius 1 is 1.31 bits per heavy atom. The van der Waals surface area contributed by atoms with Crippen molar-refractivity contribution in [1.29, 1.82) is 0 Å². The minimum absolute atomic E-state index is 0.0480. The van der Waals surface area contributed by atoms with Crippen molar-refractivity contribution in [3.63, 3.8) is 0 Å². The molecule has 5 nitrogen and oxygen atoms in total. The molecule has 4 rings (SSSR count). The molecule has 0 radical (unpaired) electrons. The zero-order chi connectivity index (χ0) is 22.7. The van der Waals surface area contributed by atoms with E-state index in [1.54, 1.807) is 6.20 Å². The van der Waals surface area contributed by atoms with Gasteiger partial charge in [0.25, 0.3) is 0 Å². The lowest BCUT2D eigenvalue weighted by atomic mass is 9.76. The van der Waals surface area contributed by atoms with Gasteiger partial charge in [-0.25, -0.2) is 4.98 Å². The fourth-order valence-corrected chi connectivity index (χ4v) is 6.69. The lowest BCUT2D eigenvalue weighted by Gasteiger charge is -2.42. The van der Waals surface area contributed by atoms with E-state index in [1.165, 1.54) is 23.1 Å². The molecule has 0 amide bonds. The summed E-state index contributed by atoms with van der Waals surface area (Å²) in [7, 11) is 0. The predicted molar refractivity (Wildman–Crippen MR) is 128 cm³/mol. The number of thioether (sulfide) groups is 1. The number of ketones is 1. The second-order valence-electron chi connectivity index (χ2n) is 8.84. The molecule has 2 fully saturated rings. The maximum Gasteiger partial charge on any atom is 0.327 e. The maximum atomic E-state index is 13.1. The molecule has 1 saturated heterocycles. The number of Topliss-reactive ketones (excluding diaryl/α,β-unsaturated/α-hetero) is 1. The van der Waals surface area contributed by atoms with Crippen LogP contribution in [0.2, 0.25) is 5.02 Å². The molecule has 172 valence electrons. The number of thiazole rings is 1. The number of hydrogen-bond acceptors (Lipinski definition) is 7. The normalized spacial score (nSPS) is 24.2. The number of carbonyl (C=O) groups is 2. The third-order valence-electron chi connectivity index (χ3n) is 6.21. The van der Waals surface area contributed by atoms with E-state index in [0.29, 0.717) is 28.0 Å². The van der Waals surface area contributed by atoms with Crippen LogP contribution >= 0.6 is 34.7 Å². The molecule has 8 heteroatoms. The van der Waals surface area contributed by atoms with Gasteiger partial charge in [0.2, 0.25) is 0 Å². The number of ether oxygens (including phenoxy) is 2. The molecule has 1 aliphatic heterocycles. The van der Waals surface area contributed by atoms with Crippen LogP contribution < -0.4 is 4.74 Å². The summed E-state index contributed by atoms with van der Waals surface area (Å²) in [5.41, 5.74) is 0.316. The molecule has 2 unspecified atom stereocenters. The van der Waals surface area contributed by atoms with Crippen molar-refractivity contribution in [3.05, 3.63) is 40.4 Å². The lowest BCUT2D eigenvalue weighted by Crippen LogP contribution is -2.53. The number of carbonyl (C=O) groups excluding carboxylic acids is 2. The van der Waals surface area contributed by atoms with Gasteiger partial charge in [-0.2, -0.15) is 0 Å². The van der Waals surface area contributed by atoms with Crippen LogP contribution in [0, 0.1) is 5.92 Å². The Balaban J connectivity index is 1.50. The predicted octanol–water partition coefficient (Wildman–Crippen LogP) is 6.12. The Bertz CT molecular complexity index is 939. The number of cyclic esters (lactones) is 1. The quantitative estimate of drug-likeness (QED) is 0.326. The molecule has 0 bridgehead atoms. The number of aromatic nitrogens is 1. The van der Waals surface area contributed by atoms with Gasteiger partial charge in [0.15, 0.2) is 15.4 Å². The number of nitrogens with zero attached hydrogens (tertiary/aromatic N) is 1. The van der Waals surface area contributed by atoms with E-state index in [0.717, 1.165) is 31.2 Å². The molecule has 1 aromatic carbocycles. The maximum absolute atomic E-state index is 13.1. The molecule has 2 atom stereocenters. The van der Waals surface area contributed by atoms with E-state index in [1.807, 2.05) is 37.4 Å². The van der Waals surface area contributed by atoms with Crippen molar-refractivity contribution >= 4 is 46.5 Å². The molecular weight excluding hydrogens is 466 g/mol. The van der Waals surface area contributed by atoms with Crippen LogP contribution in [0.5, 0.6) is 5.75 Å². The van der Waals surface area contributed by atoms with Gasteiger partial charge in [-0.3, -0.25) is 9.59 Å². The molecule has 1 saturated carbocycles. The van der Waals surface area contributed by atoms with Gasteiger partial charge in [0.1, 0.15) is 11.4 Å². The largest absolute Gasteiger partial charge is 0.489 e. The van der Waals surface area contributed by atoms with Gasteiger partial charge in [-0.05, 0) is 63.1 Å². The summed E-state index contributed by atoms with van der Waals surface area (Å²) in [6, 6.07) is 5.80. The first-order valence-corrected chi connectivity index (χ1v) is 13.3. The molecule has 1 aliphatic carbocycles. The Hall–Kier alpha value is -1.57. The molecule has 0 N–H and O–H groups in total. The molecule has 2 aliphatic rings. The van der Waals surface area contributed by atoms with E-state index < -0.39 is 16.8 Å². The number of rotatable bonds is 8. The summed E-state index contributed by atoms with van der Waals surface area (Å²) in [6.07, 6.45) is 7.51. The zero-order valence-electron chi connectivity index (χ0n) is 18.3. The summed E-state index contributed by atoms with van der Waals surface area (Å²) >= 11 is 9.05. The van der Waals surface area contributed by atoms with Crippen LogP contribution in [0.4, 0.5) is 0 Å². The zero-order valence-corrected chi connectivity index (χ0v) is 20.7. The highest BCUT2D eigenvalue weighted by Crippen LogP contribution is 2.46. The standard InChI is InChI=1S/C24H28ClNO4S2/c1-15(2)29-20-8-7-16(13-18(20)25)9-10-24(17-5-3-4-6-17)14-19(27)21(22(28)30-24)32-23-26-11-12-31-23/h7-8,11-13,15,17,21H,3-6,9-10,14H2,1-2H3. The van der Waals surface area contributed by atoms with E-state index in [4.69, 9.17) is 21.1 Å². The van der Waals surface area contributed by atoms with Crippen LogP contribution in [0.1, 0.15) is 57.9 Å². The van der Waals surface area contributed by atoms with Crippen molar-refractivity contribution in [1.82, 2.24) is 4.98 Å². The van der Waals surface area contributed by atoms with Gasteiger partial charge in [-0.1, -0.05) is 42.3 Å². The minimum Gasteiger partial charge on any atom is -0.489 e. The molecule has 32 heavy (non-hydrogen) atoms. The third kappa shape index (κ3) is 5.32. The van der Waals surface area contributed by atoms with Crippen LogP contribution in [0.15, 0.2) is 34.1 Å². The Morgan fingerprint density at radius 2 is 2.09 bits per heavy atom. The second kappa shape index (κ2) is 10.1. The van der Waals surface area contributed by atoms with Gasteiger partial charge in [-0.15, -0.1) is 11.3 Å². The second-order valence-corrected chi connectivity index (χ2v) is 11.5. The molecule has 1 aromatic heterocycles. The highest BCUT2D eigenvalue weighted by Gasteiger charge is 2.51.